The molecule has 1 fully saturated rings. The fourth-order valence-corrected chi connectivity index (χ4v) is 3.81. The molecule has 0 bridgehead atoms. The summed E-state index contributed by atoms with van der Waals surface area (Å²) >= 11 is 1.48. The van der Waals surface area contributed by atoms with Crippen LogP contribution in [-0.2, 0) is 6.42 Å². The van der Waals surface area contributed by atoms with E-state index in [1.54, 1.807) is 20.2 Å². The van der Waals surface area contributed by atoms with Crippen molar-refractivity contribution in [3.8, 4) is 0 Å². The lowest BCUT2D eigenvalue weighted by Gasteiger charge is -2.32. The molecular weight excluding hydrogens is 336 g/mol. The molecule has 3 heterocycles. The molecule has 0 spiro atoms. The maximum Gasteiger partial charge on any atom is 0.272 e. The van der Waals surface area contributed by atoms with E-state index in [0.717, 1.165) is 42.9 Å². The molecular formula is C18H22N4O2S. The van der Waals surface area contributed by atoms with Crippen molar-refractivity contribution < 1.29 is 9.59 Å². The van der Waals surface area contributed by atoms with Gasteiger partial charge in [0, 0.05) is 32.9 Å². The third-order valence-electron chi connectivity index (χ3n) is 4.38. The Hall–Kier alpha value is -2.28. The minimum atomic E-state index is -0.123. The van der Waals surface area contributed by atoms with Gasteiger partial charge in [-0.1, -0.05) is 6.07 Å². The minimum Gasteiger partial charge on any atom is -0.343 e. The Morgan fingerprint density at radius 3 is 2.92 bits per heavy atom. The first-order chi connectivity index (χ1) is 12.0. The van der Waals surface area contributed by atoms with Gasteiger partial charge in [-0.05, 0) is 42.7 Å². The Kier molecular flexibility index (Phi) is 5.43. The van der Waals surface area contributed by atoms with Crippen LogP contribution in [-0.4, -0.2) is 58.8 Å². The van der Waals surface area contributed by atoms with E-state index in [2.05, 4.69) is 9.97 Å². The van der Waals surface area contributed by atoms with Crippen molar-refractivity contribution in [2.24, 2.45) is 5.92 Å². The van der Waals surface area contributed by atoms with Crippen LogP contribution in [0.1, 0.15) is 38.7 Å². The van der Waals surface area contributed by atoms with Gasteiger partial charge in [-0.3, -0.25) is 9.59 Å². The molecule has 0 unspecified atom stereocenters. The predicted octanol–water partition coefficient (Wildman–Crippen LogP) is 2.33. The van der Waals surface area contributed by atoms with E-state index in [1.165, 1.54) is 22.6 Å². The molecule has 1 aliphatic heterocycles. The second kappa shape index (κ2) is 7.74. The lowest BCUT2D eigenvalue weighted by atomic mass is 9.93. The summed E-state index contributed by atoms with van der Waals surface area (Å²) in [7, 11) is 3.42. The molecule has 1 atom stereocenters. The van der Waals surface area contributed by atoms with Crippen LogP contribution in [0.3, 0.4) is 0 Å². The number of nitrogens with zero attached hydrogens (tertiary/aromatic N) is 4. The van der Waals surface area contributed by atoms with Crippen molar-refractivity contribution in [3.05, 3.63) is 46.2 Å². The molecule has 0 N–H and O–H groups in total. The van der Waals surface area contributed by atoms with Crippen LogP contribution in [0.4, 0.5) is 0 Å². The molecule has 2 amide bonds. The van der Waals surface area contributed by atoms with E-state index in [9.17, 15) is 9.59 Å². The Morgan fingerprint density at radius 1 is 1.36 bits per heavy atom. The maximum absolute atomic E-state index is 12.5. The molecule has 132 valence electrons. The topological polar surface area (TPSA) is 66.4 Å². The Morgan fingerprint density at radius 2 is 2.20 bits per heavy atom. The number of rotatable bonds is 4. The van der Waals surface area contributed by atoms with E-state index >= 15 is 0 Å². The van der Waals surface area contributed by atoms with Crippen molar-refractivity contribution >= 4 is 23.2 Å². The smallest absolute Gasteiger partial charge is 0.272 e. The van der Waals surface area contributed by atoms with Crippen molar-refractivity contribution in [3.63, 3.8) is 0 Å². The zero-order valence-corrected chi connectivity index (χ0v) is 15.3. The molecule has 1 saturated heterocycles. The highest BCUT2D eigenvalue weighted by atomic mass is 32.1. The first-order valence-corrected chi connectivity index (χ1v) is 9.28. The van der Waals surface area contributed by atoms with Gasteiger partial charge in [-0.2, -0.15) is 0 Å². The molecule has 0 aliphatic carbocycles. The number of amides is 2. The number of carbonyl (C=O) groups excluding carboxylic acids is 2. The second-order valence-electron chi connectivity index (χ2n) is 6.54. The summed E-state index contributed by atoms with van der Waals surface area (Å²) in [6.07, 6.45) is 4.26. The number of likely N-dealkylation sites (tertiary alicyclic amines) is 1. The normalized spacial score (nSPS) is 17.4. The van der Waals surface area contributed by atoms with Crippen molar-refractivity contribution in [1.29, 1.82) is 0 Å². The van der Waals surface area contributed by atoms with Crippen LogP contribution in [0.15, 0.2) is 29.9 Å². The van der Waals surface area contributed by atoms with Crippen molar-refractivity contribution in [2.75, 3.05) is 27.2 Å². The lowest BCUT2D eigenvalue weighted by molar-refractivity contribution is 0.0677. The van der Waals surface area contributed by atoms with Crippen LogP contribution in [0, 0.1) is 5.92 Å². The number of hydrogen-bond acceptors (Lipinski definition) is 5. The maximum atomic E-state index is 12.5. The number of aromatic nitrogens is 2. The van der Waals surface area contributed by atoms with Crippen molar-refractivity contribution in [2.45, 2.75) is 19.3 Å². The van der Waals surface area contributed by atoms with Crippen molar-refractivity contribution in [1.82, 2.24) is 19.8 Å². The standard InChI is InChI=1S/C18H22N4O2S/c1-21(2)17(23)15-10-14(19-12-20-15)9-13-5-3-7-22(11-13)18(24)16-6-4-8-25-16/h4,6,8,10,12-13H,3,5,7,9,11H2,1-2H3/t13-/m1/s1. The Bertz CT molecular complexity index is 745. The van der Waals surface area contributed by atoms with E-state index in [1.807, 2.05) is 22.4 Å². The van der Waals surface area contributed by atoms with E-state index in [0.29, 0.717) is 11.6 Å². The van der Waals surface area contributed by atoms with Crippen LogP contribution in [0.25, 0.3) is 0 Å². The molecule has 2 aromatic heterocycles. The first-order valence-electron chi connectivity index (χ1n) is 8.40. The highest BCUT2D eigenvalue weighted by Crippen LogP contribution is 2.23. The molecule has 7 heteroatoms. The molecule has 25 heavy (non-hydrogen) atoms. The largest absolute Gasteiger partial charge is 0.343 e. The van der Waals surface area contributed by atoms with Gasteiger partial charge in [-0.25, -0.2) is 9.97 Å². The van der Waals surface area contributed by atoms with E-state index in [-0.39, 0.29) is 11.8 Å². The van der Waals surface area contributed by atoms with Crippen LogP contribution in [0.5, 0.6) is 0 Å². The van der Waals surface area contributed by atoms with Gasteiger partial charge in [0.2, 0.25) is 0 Å². The highest BCUT2D eigenvalue weighted by molar-refractivity contribution is 7.12. The summed E-state index contributed by atoms with van der Waals surface area (Å²) in [4.78, 5) is 37.2. The zero-order valence-electron chi connectivity index (χ0n) is 14.5. The van der Waals surface area contributed by atoms with Crippen LogP contribution in [0.2, 0.25) is 0 Å². The van der Waals surface area contributed by atoms with E-state index in [4.69, 9.17) is 0 Å². The number of carbonyl (C=O) groups is 2. The average molecular weight is 358 g/mol. The summed E-state index contributed by atoms with van der Waals surface area (Å²) < 4.78 is 0. The van der Waals surface area contributed by atoms with E-state index < -0.39 is 0 Å². The summed E-state index contributed by atoms with van der Waals surface area (Å²) in [5, 5.41) is 1.93. The summed E-state index contributed by atoms with van der Waals surface area (Å²) in [6.45, 7) is 1.54. The molecule has 6 nitrogen and oxygen atoms in total. The Labute approximate surface area is 151 Å². The fourth-order valence-electron chi connectivity index (χ4n) is 3.12. The third kappa shape index (κ3) is 4.22. The summed E-state index contributed by atoms with van der Waals surface area (Å²) in [6, 6.07) is 5.55. The van der Waals surface area contributed by atoms with Crippen LogP contribution < -0.4 is 0 Å². The molecule has 0 aromatic carbocycles. The molecule has 3 rings (SSSR count). The summed E-state index contributed by atoms with van der Waals surface area (Å²) in [5.74, 6) is 0.350. The van der Waals surface area contributed by atoms with Gasteiger partial charge in [0.1, 0.15) is 12.0 Å². The predicted molar refractivity (Wildman–Crippen MR) is 96.7 cm³/mol. The summed E-state index contributed by atoms with van der Waals surface area (Å²) in [5.41, 5.74) is 1.27. The molecule has 2 aromatic rings. The number of piperidine rings is 1. The van der Waals surface area contributed by atoms with Gasteiger partial charge >= 0.3 is 0 Å². The van der Waals surface area contributed by atoms with Gasteiger partial charge in [0.15, 0.2) is 0 Å². The average Bonchev–Trinajstić information content (AvgIpc) is 3.15. The molecule has 0 radical (unpaired) electrons. The number of hydrogen-bond donors (Lipinski definition) is 0. The lowest BCUT2D eigenvalue weighted by Crippen LogP contribution is -2.40. The van der Waals surface area contributed by atoms with Crippen LogP contribution >= 0.6 is 11.3 Å². The second-order valence-corrected chi connectivity index (χ2v) is 7.48. The fraction of sp³-hybridized carbons (Fsp3) is 0.444. The third-order valence-corrected chi connectivity index (χ3v) is 5.24. The molecule has 1 aliphatic rings. The van der Waals surface area contributed by atoms with Gasteiger partial charge in [0.25, 0.3) is 11.8 Å². The minimum absolute atomic E-state index is 0.117. The highest BCUT2D eigenvalue weighted by Gasteiger charge is 2.25. The first kappa shape index (κ1) is 17.5. The monoisotopic (exact) mass is 358 g/mol. The quantitative estimate of drug-likeness (QED) is 0.841. The number of thiophene rings is 1. The zero-order chi connectivity index (χ0) is 17.8. The SMILES string of the molecule is CN(C)C(=O)c1cc(C[C@H]2CCCN(C(=O)c3cccs3)C2)ncn1. The van der Waals surface area contributed by atoms with Gasteiger partial charge < -0.3 is 9.80 Å². The van der Waals surface area contributed by atoms with Gasteiger partial charge in [0.05, 0.1) is 4.88 Å². The molecule has 0 saturated carbocycles. The Balaban J connectivity index is 1.66. The van der Waals surface area contributed by atoms with Gasteiger partial charge in [-0.15, -0.1) is 11.3 Å².